The lowest BCUT2D eigenvalue weighted by Gasteiger charge is -2.13. The van der Waals surface area contributed by atoms with Crippen LogP contribution in [-0.2, 0) is 20.3 Å². The first-order valence-electron chi connectivity index (χ1n) is 5.66. The van der Waals surface area contributed by atoms with Crippen LogP contribution in [0.3, 0.4) is 0 Å². The van der Waals surface area contributed by atoms with Crippen molar-refractivity contribution >= 4 is 19.7 Å². The van der Waals surface area contributed by atoms with Gasteiger partial charge in [-0.15, -0.1) is 10.2 Å². The summed E-state index contributed by atoms with van der Waals surface area (Å²) in [5.74, 6) is 0.409. The molecule has 0 spiro atoms. The van der Waals surface area contributed by atoms with Crippen LogP contribution in [0, 0.1) is 0 Å². The molecule has 2 aromatic heterocycles. The molecule has 110 valence electrons. The Bertz CT molecular complexity index is 668. The van der Waals surface area contributed by atoms with Crippen molar-refractivity contribution in [3.05, 3.63) is 18.5 Å². The summed E-state index contributed by atoms with van der Waals surface area (Å²) in [6, 6.07) is -0.339. The molecule has 0 saturated carbocycles. The van der Waals surface area contributed by atoms with Crippen molar-refractivity contribution < 1.29 is 13.2 Å². The highest BCUT2D eigenvalue weighted by Gasteiger charge is 2.26. The summed E-state index contributed by atoms with van der Waals surface area (Å²) in [5.41, 5.74) is 0. The van der Waals surface area contributed by atoms with Gasteiger partial charge in [-0.3, -0.25) is 4.57 Å². The highest BCUT2D eigenvalue weighted by atomic mass is 35.7. The van der Waals surface area contributed by atoms with Crippen molar-refractivity contribution in [2.45, 2.75) is 24.7 Å². The van der Waals surface area contributed by atoms with Crippen LogP contribution in [-0.4, -0.2) is 51.7 Å². The van der Waals surface area contributed by atoms with Gasteiger partial charge in [0.1, 0.15) is 18.7 Å². The number of halogens is 1. The van der Waals surface area contributed by atoms with Crippen LogP contribution in [0.25, 0.3) is 0 Å². The van der Waals surface area contributed by atoms with Crippen LogP contribution in [0.2, 0.25) is 0 Å². The number of hydrogen-bond donors (Lipinski definition) is 0. The van der Waals surface area contributed by atoms with Gasteiger partial charge < -0.3 is 4.74 Å². The van der Waals surface area contributed by atoms with E-state index in [2.05, 4.69) is 20.3 Å². The fourth-order valence-electron chi connectivity index (χ4n) is 1.72. The zero-order valence-corrected chi connectivity index (χ0v) is 12.4. The van der Waals surface area contributed by atoms with Gasteiger partial charge in [0, 0.05) is 17.8 Å². The lowest BCUT2D eigenvalue weighted by Crippen LogP contribution is -2.18. The van der Waals surface area contributed by atoms with Gasteiger partial charge in [-0.2, -0.15) is 5.10 Å². The largest absolute Gasteiger partial charge is 0.383 e. The van der Waals surface area contributed by atoms with Gasteiger partial charge in [0.15, 0.2) is 5.82 Å². The summed E-state index contributed by atoms with van der Waals surface area (Å²) in [7, 11) is 2.89. The highest BCUT2D eigenvalue weighted by molar-refractivity contribution is 8.13. The zero-order valence-electron chi connectivity index (χ0n) is 10.8. The molecule has 0 aromatic carbocycles. The van der Waals surface area contributed by atoms with Gasteiger partial charge in [-0.05, 0) is 6.92 Å². The second kappa shape index (κ2) is 5.85. The fraction of sp³-hybridized carbons (Fsp3) is 0.556. The summed E-state index contributed by atoms with van der Waals surface area (Å²) in [6.45, 7) is 2.36. The molecule has 0 radical (unpaired) electrons. The van der Waals surface area contributed by atoms with E-state index in [-0.39, 0.29) is 17.7 Å². The van der Waals surface area contributed by atoms with Crippen LogP contribution in [0.4, 0.5) is 0 Å². The summed E-state index contributed by atoms with van der Waals surface area (Å²) in [5, 5.41) is 11.2. The summed E-state index contributed by atoms with van der Waals surface area (Å²) in [6.07, 6.45) is 2.89. The third-order valence-electron chi connectivity index (χ3n) is 2.69. The first-order chi connectivity index (χ1) is 9.45. The van der Waals surface area contributed by atoms with E-state index in [9.17, 15) is 8.42 Å². The number of nitrogens with zero attached hydrogens (tertiary/aromatic N) is 6. The Kier molecular flexibility index (Phi) is 4.35. The highest BCUT2D eigenvalue weighted by Crippen LogP contribution is 2.20. The van der Waals surface area contributed by atoms with Gasteiger partial charge in [0.25, 0.3) is 14.2 Å². The van der Waals surface area contributed by atoms with Crippen molar-refractivity contribution in [2.75, 3.05) is 13.7 Å². The van der Waals surface area contributed by atoms with E-state index in [4.69, 9.17) is 15.4 Å². The van der Waals surface area contributed by atoms with Crippen LogP contribution in [0.15, 0.2) is 17.8 Å². The fourth-order valence-corrected chi connectivity index (χ4v) is 2.65. The first-order valence-corrected chi connectivity index (χ1v) is 7.97. The number of hydrogen-bond acceptors (Lipinski definition) is 7. The SMILES string of the molecule is COCCn1c(C(C)n2cncn2)nnc1S(=O)(=O)Cl. The molecular weight excluding hydrogens is 308 g/mol. The van der Waals surface area contributed by atoms with Crippen molar-refractivity contribution in [1.29, 1.82) is 0 Å². The number of ether oxygens (including phenoxy) is 1. The average molecular weight is 321 g/mol. The van der Waals surface area contributed by atoms with Crippen molar-refractivity contribution in [3.63, 3.8) is 0 Å². The quantitative estimate of drug-likeness (QED) is 0.692. The molecule has 2 rings (SSSR count). The molecule has 0 aliphatic rings. The maximum atomic E-state index is 11.5. The Labute approximate surface area is 120 Å². The first kappa shape index (κ1) is 14.9. The Morgan fingerprint density at radius 3 is 2.75 bits per heavy atom. The molecule has 0 amide bonds. The van der Waals surface area contributed by atoms with Gasteiger partial charge in [0.05, 0.1) is 13.2 Å². The Hall–Kier alpha value is -1.52. The minimum atomic E-state index is -3.98. The van der Waals surface area contributed by atoms with Crippen molar-refractivity contribution in [1.82, 2.24) is 29.5 Å². The molecule has 9 nitrogen and oxygen atoms in total. The van der Waals surface area contributed by atoms with Crippen LogP contribution in [0.1, 0.15) is 18.8 Å². The minimum absolute atomic E-state index is 0.263. The van der Waals surface area contributed by atoms with E-state index in [0.29, 0.717) is 12.4 Å². The van der Waals surface area contributed by atoms with Crippen LogP contribution >= 0.6 is 10.7 Å². The Morgan fingerprint density at radius 1 is 1.45 bits per heavy atom. The summed E-state index contributed by atoms with van der Waals surface area (Å²) < 4.78 is 30.9. The molecule has 0 aliphatic heterocycles. The van der Waals surface area contributed by atoms with Gasteiger partial charge in [-0.25, -0.2) is 18.1 Å². The number of rotatable bonds is 6. The Balaban J connectivity index is 2.45. The predicted molar refractivity (Wildman–Crippen MR) is 68.8 cm³/mol. The molecule has 0 bridgehead atoms. The second-order valence-electron chi connectivity index (χ2n) is 3.97. The molecule has 11 heteroatoms. The van der Waals surface area contributed by atoms with Gasteiger partial charge in [0.2, 0.25) is 0 Å². The van der Waals surface area contributed by atoms with Gasteiger partial charge >= 0.3 is 0 Å². The van der Waals surface area contributed by atoms with E-state index in [1.54, 1.807) is 6.92 Å². The number of methoxy groups -OCH3 is 1. The molecule has 0 aliphatic carbocycles. The smallest absolute Gasteiger partial charge is 0.296 e. The molecule has 1 atom stereocenters. The standard InChI is InChI=1S/C9H13ClN6O3S/c1-7(16-6-11-5-12-16)8-13-14-9(20(10,17)18)15(8)3-4-19-2/h5-7H,3-4H2,1-2H3. The maximum Gasteiger partial charge on any atom is 0.296 e. The second-order valence-corrected chi connectivity index (χ2v) is 6.43. The zero-order chi connectivity index (χ0) is 14.8. The predicted octanol–water partition coefficient (Wildman–Crippen LogP) is 0.0528. The topological polar surface area (TPSA) is 105 Å². The monoisotopic (exact) mass is 320 g/mol. The van der Waals surface area contributed by atoms with Crippen molar-refractivity contribution in [2.24, 2.45) is 0 Å². The Morgan fingerprint density at radius 2 is 2.20 bits per heavy atom. The molecule has 0 fully saturated rings. The third-order valence-corrected chi connectivity index (χ3v) is 3.84. The van der Waals surface area contributed by atoms with Crippen LogP contribution < -0.4 is 0 Å². The normalized spacial score (nSPS) is 13.6. The van der Waals surface area contributed by atoms with Gasteiger partial charge in [-0.1, -0.05) is 0 Å². The maximum absolute atomic E-state index is 11.5. The lowest BCUT2D eigenvalue weighted by atomic mass is 10.3. The van der Waals surface area contributed by atoms with Crippen molar-refractivity contribution in [3.8, 4) is 0 Å². The lowest BCUT2D eigenvalue weighted by molar-refractivity contribution is 0.182. The molecule has 20 heavy (non-hydrogen) atoms. The molecule has 0 saturated heterocycles. The summed E-state index contributed by atoms with van der Waals surface area (Å²) >= 11 is 0. The molecule has 1 unspecified atom stereocenters. The van der Waals surface area contributed by atoms with Crippen LogP contribution in [0.5, 0.6) is 0 Å². The molecule has 2 aromatic rings. The van der Waals surface area contributed by atoms with E-state index < -0.39 is 9.05 Å². The minimum Gasteiger partial charge on any atom is -0.383 e. The molecule has 2 heterocycles. The third kappa shape index (κ3) is 2.97. The van der Waals surface area contributed by atoms with E-state index in [1.165, 1.54) is 29.0 Å². The number of aromatic nitrogens is 6. The van der Waals surface area contributed by atoms with E-state index >= 15 is 0 Å². The van der Waals surface area contributed by atoms with E-state index in [1.807, 2.05) is 0 Å². The average Bonchev–Trinajstić information content (AvgIpc) is 3.03. The molecule has 0 N–H and O–H groups in total. The van der Waals surface area contributed by atoms with E-state index in [0.717, 1.165) is 0 Å². The summed E-state index contributed by atoms with van der Waals surface area (Å²) in [4.78, 5) is 3.84. The molecular formula is C9H13ClN6O3S.